The highest BCUT2D eigenvalue weighted by molar-refractivity contribution is 8.00. The van der Waals surface area contributed by atoms with E-state index in [1.165, 1.54) is 0 Å². The number of hydrogen-bond acceptors (Lipinski definition) is 12. The van der Waals surface area contributed by atoms with Gasteiger partial charge in [-0.1, -0.05) is 34.8 Å². The van der Waals surface area contributed by atoms with Crippen molar-refractivity contribution >= 4 is 58.6 Å². The van der Waals surface area contributed by atoms with Gasteiger partial charge in [-0.2, -0.15) is 11.8 Å². The number of nitrogens with zero attached hydrogens (tertiary/aromatic N) is 5. The van der Waals surface area contributed by atoms with Crippen molar-refractivity contribution in [3.63, 3.8) is 0 Å². The predicted molar refractivity (Wildman–Crippen MR) is 242 cm³/mol. The van der Waals surface area contributed by atoms with E-state index in [9.17, 15) is 14.4 Å². The van der Waals surface area contributed by atoms with Gasteiger partial charge in [0, 0.05) is 40.1 Å². The Hall–Kier alpha value is -4.33. The number of carbonyl (C=O) groups is 3. The lowest BCUT2D eigenvalue weighted by Gasteiger charge is -2.35. The second kappa shape index (κ2) is 25.8. The maximum atomic E-state index is 13.7. The minimum atomic E-state index is -0.155. The summed E-state index contributed by atoms with van der Waals surface area (Å²) in [6.07, 6.45) is 8.10. The number of rotatable bonds is 27. The first-order chi connectivity index (χ1) is 30.7. The first-order valence-electron chi connectivity index (χ1n) is 21.6. The van der Waals surface area contributed by atoms with E-state index >= 15 is 0 Å². The number of halogens is 2. The van der Waals surface area contributed by atoms with E-state index in [0.717, 1.165) is 50.7 Å². The van der Waals surface area contributed by atoms with Gasteiger partial charge in [-0.05, 0) is 87.1 Å². The summed E-state index contributed by atoms with van der Waals surface area (Å²) >= 11 is 13.9. The van der Waals surface area contributed by atoms with Crippen molar-refractivity contribution in [3.05, 3.63) is 70.5 Å². The van der Waals surface area contributed by atoms with Crippen LogP contribution in [0.25, 0.3) is 0 Å². The van der Waals surface area contributed by atoms with E-state index < -0.39 is 0 Å². The van der Waals surface area contributed by atoms with Crippen LogP contribution in [0.2, 0.25) is 10.0 Å². The summed E-state index contributed by atoms with van der Waals surface area (Å²) in [5.74, 6) is 2.45. The number of ether oxygens (including phenoxy) is 5. The van der Waals surface area contributed by atoms with Crippen molar-refractivity contribution < 1.29 is 38.1 Å². The molecule has 63 heavy (non-hydrogen) atoms. The van der Waals surface area contributed by atoms with E-state index in [1.807, 2.05) is 22.9 Å². The monoisotopic (exact) mass is 931 g/mol. The minimum absolute atomic E-state index is 0.0242. The Morgan fingerprint density at radius 2 is 1.52 bits per heavy atom. The summed E-state index contributed by atoms with van der Waals surface area (Å²) in [5.41, 5.74) is 6.88. The summed E-state index contributed by atoms with van der Waals surface area (Å²) in [5, 5.41) is 19.1. The highest BCUT2D eigenvalue weighted by Gasteiger charge is 2.42. The molecule has 2 aromatic carbocycles. The molecule has 2 unspecified atom stereocenters. The number of amidine groups is 1. The standard InChI is InChI=1S/C43H59Cl2N9O8S/c44-30-5-13-35(14-6-30)61-27-39(46)48-32-9-11-34(12-10-32)54(41(56)28-62-36-15-7-31(45)8-16-36)26-33-25-53(52-51-33)18-20-59-22-24-60-23-21-58-19-17-47-40(55)4-2-1-3-38-42-37(29-63-38)49-43(57)50-42/h5-8,13-16,25,32,34,37-38,42H,1-4,9-12,17-24,26-29H2,(H2,46,48)(H,47,55)(H2,49,50,57)/t32?,34?,37?,38-,42?/m0/s1. The van der Waals surface area contributed by atoms with Crippen molar-refractivity contribution in [2.45, 2.75) is 93.9 Å². The molecule has 3 aliphatic rings. The number of hydrogen-bond donors (Lipinski definition) is 4. The molecule has 2 aliphatic heterocycles. The molecule has 4 amide bonds. The van der Waals surface area contributed by atoms with Crippen molar-refractivity contribution in [2.24, 2.45) is 10.7 Å². The number of nitrogens with one attached hydrogen (secondary N) is 3. The number of amides is 4. The van der Waals surface area contributed by atoms with Crippen LogP contribution in [0.1, 0.15) is 57.1 Å². The van der Waals surface area contributed by atoms with Gasteiger partial charge in [0.1, 0.15) is 29.6 Å². The van der Waals surface area contributed by atoms with Crippen molar-refractivity contribution in [1.29, 1.82) is 0 Å². The van der Waals surface area contributed by atoms with Crippen molar-refractivity contribution in [1.82, 2.24) is 35.8 Å². The summed E-state index contributed by atoms with van der Waals surface area (Å²) < 4.78 is 30.2. The molecule has 3 heterocycles. The van der Waals surface area contributed by atoms with E-state index in [4.69, 9.17) is 57.6 Å². The summed E-state index contributed by atoms with van der Waals surface area (Å²) in [7, 11) is 0. The second-order valence-corrected chi connectivity index (χ2v) is 17.8. The third-order valence-corrected chi connectivity index (χ3v) is 12.9. The lowest BCUT2D eigenvalue weighted by molar-refractivity contribution is -0.137. The van der Waals surface area contributed by atoms with Crippen LogP contribution in [0.3, 0.4) is 0 Å². The lowest BCUT2D eigenvalue weighted by Crippen LogP contribution is -2.44. The average molecular weight is 933 g/mol. The third-order valence-electron chi connectivity index (χ3n) is 10.9. The Bertz CT molecular complexity index is 1900. The lowest BCUT2D eigenvalue weighted by atomic mass is 9.90. The molecule has 2 saturated heterocycles. The van der Waals surface area contributed by atoms with Crippen LogP contribution >= 0.6 is 35.0 Å². The zero-order valence-corrected chi connectivity index (χ0v) is 37.8. The molecule has 0 spiro atoms. The van der Waals surface area contributed by atoms with E-state index in [2.05, 4.69) is 26.3 Å². The van der Waals surface area contributed by atoms with Crippen LogP contribution in [-0.2, 0) is 36.9 Å². The van der Waals surface area contributed by atoms with Gasteiger partial charge in [0.05, 0.1) is 77.1 Å². The molecule has 17 nitrogen and oxygen atoms in total. The van der Waals surface area contributed by atoms with Gasteiger partial charge >= 0.3 is 6.03 Å². The molecular formula is C43H59Cl2N9O8S. The Balaban J connectivity index is 0.820. The molecule has 1 aliphatic carbocycles. The minimum Gasteiger partial charge on any atom is -0.486 e. The number of carbonyl (C=O) groups excluding carboxylic acids is 3. The maximum Gasteiger partial charge on any atom is 0.315 e. The molecule has 1 saturated carbocycles. The molecule has 3 fully saturated rings. The number of nitrogens with two attached hydrogens (primary N) is 1. The fraction of sp³-hybridized carbons (Fsp3) is 0.581. The van der Waals surface area contributed by atoms with E-state index in [-0.39, 0.29) is 61.8 Å². The topological polar surface area (TPSA) is 206 Å². The molecule has 0 bridgehead atoms. The fourth-order valence-corrected chi connectivity index (χ4v) is 9.45. The van der Waals surface area contributed by atoms with Crippen LogP contribution in [0.4, 0.5) is 4.79 Å². The first kappa shape index (κ1) is 48.1. The molecule has 6 rings (SSSR count). The van der Waals surface area contributed by atoms with Crippen LogP contribution < -0.4 is 31.2 Å². The van der Waals surface area contributed by atoms with Gasteiger partial charge in [0.15, 0.2) is 6.61 Å². The SMILES string of the molecule is NC(COc1ccc(Cl)cc1)=NC1CCC(N(Cc2cn(CCOCCOCCOCCNC(=O)CCCC[C@@H]3SCC4NC(=O)NC43)nn2)C(=O)COc2ccc(Cl)cc2)CC1. The Labute approximate surface area is 382 Å². The average Bonchev–Trinajstić information content (AvgIpc) is 4.00. The molecule has 344 valence electrons. The largest absolute Gasteiger partial charge is 0.486 e. The molecule has 3 atom stereocenters. The highest BCUT2D eigenvalue weighted by atomic mass is 35.5. The predicted octanol–water partition coefficient (Wildman–Crippen LogP) is 4.63. The third kappa shape index (κ3) is 16.6. The summed E-state index contributed by atoms with van der Waals surface area (Å²) in [4.78, 5) is 43.9. The summed E-state index contributed by atoms with van der Waals surface area (Å²) in [6, 6.07) is 14.3. The normalized spacial score (nSPS) is 20.8. The number of aliphatic imine (C=N–C) groups is 1. The van der Waals surface area contributed by atoms with Gasteiger partial charge in [0.25, 0.3) is 5.91 Å². The number of thioether (sulfide) groups is 1. The Morgan fingerprint density at radius 3 is 2.22 bits per heavy atom. The zero-order valence-electron chi connectivity index (χ0n) is 35.5. The Kier molecular flexibility index (Phi) is 19.7. The van der Waals surface area contributed by atoms with Gasteiger partial charge in [-0.3, -0.25) is 14.6 Å². The molecule has 5 N–H and O–H groups in total. The van der Waals surface area contributed by atoms with Crippen molar-refractivity contribution in [3.8, 4) is 11.5 Å². The zero-order chi connectivity index (χ0) is 44.2. The van der Waals surface area contributed by atoms with Crippen LogP contribution in [0.15, 0.2) is 59.7 Å². The molecule has 1 aromatic heterocycles. The van der Waals surface area contributed by atoms with Crippen LogP contribution in [0, 0.1) is 0 Å². The number of benzene rings is 2. The van der Waals surface area contributed by atoms with Crippen LogP contribution in [0.5, 0.6) is 11.5 Å². The Morgan fingerprint density at radius 1 is 0.873 bits per heavy atom. The fourth-order valence-electron chi connectivity index (χ4n) is 7.66. The number of aromatic nitrogens is 3. The second-order valence-electron chi connectivity index (χ2n) is 15.6. The first-order valence-corrected chi connectivity index (χ1v) is 23.4. The molecule has 20 heteroatoms. The van der Waals surface area contributed by atoms with Gasteiger partial charge in [0.2, 0.25) is 5.91 Å². The highest BCUT2D eigenvalue weighted by Crippen LogP contribution is 2.33. The van der Waals surface area contributed by atoms with E-state index in [0.29, 0.717) is 97.5 Å². The molecule has 3 aromatic rings. The number of urea groups is 1. The number of unbranched alkanes of at least 4 members (excludes halogenated alkanes) is 1. The smallest absolute Gasteiger partial charge is 0.315 e. The van der Waals surface area contributed by atoms with Crippen molar-refractivity contribution in [2.75, 3.05) is 65.2 Å². The van der Waals surface area contributed by atoms with Crippen LogP contribution in [-0.4, -0.2) is 138 Å². The molecular weight excluding hydrogens is 874 g/mol. The van der Waals surface area contributed by atoms with Gasteiger partial charge < -0.3 is 50.3 Å². The quantitative estimate of drug-likeness (QED) is 0.0358. The van der Waals surface area contributed by atoms with Gasteiger partial charge in [-0.15, -0.1) is 5.10 Å². The maximum absolute atomic E-state index is 13.7. The molecule has 0 radical (unpaired) electrons. The van der Waals surface area contributed by atoms with Gasteiger partial charge in [-0.25, -0.2) is 9.48 Å². The number of fused-ring (bicyclic) bond motifs is 1. The van der Waals surface area contributed by atoms with E-state index in [1.54, 1.807) is 53.2 Å². The summed E-state index contributed by atoms with van der Waals surface area (Å²) in [6.45, 7) is 3.76.